The summed E-state index contributed by atoms with van der Waals surface area (Å²) in [6.07, 6.45) is 4.51. The van der Waals surface area contributed by atoms with Gasteiger partial charge in [0.25, 0.3) is 0 Å². The SMILES string of the molecule is COC(=O)Cc1csc(NC(=O)/C=C/c2ccco2)n1. The van der Waals surface area contributed by atoms with Gasteiger partial charge in [0, 0.05) is 11.5 Å². The van der Waals surface area contributed by atoms with Crippen LogP contribution in [0.5, 0.6) is 0 Å². The maximum Gasteiger partial charge on any atom is 0.311 e. The van der Waals surface area contributed by atoms with Crippen LogP contribution in [-0.4, -0.2) is 24.0 Å². The molecule has 6 nitrogen and oxygen atoms in total. The molecule has 0 saturated carbocycles. The Bertz CT molecular complexity index is 616. The molecule has 2 aromatic heterocycles. The number of nitrogens with one attached hydrogen (secondary N) is 1. The Morgan fingerprint density at radius 3 is 3.10 bits per heavy atom. The lowest BCUT2D eigenvalue weighted by Crippen LogP contribution is -2.08. The minimum absolute atomic E-state index is 0.0884. The van der Waals surface area contributed by atoms with Crippen molar-refractivity contribution in [1.29, 1.82) is 0 Å². The number of aromatic nitrogens is 1. The summed E-state index contributed by atoms with van der Waals surface area (Å²) in [5.41, 5.74) is 0.562. The highest BCUT2D eigenvalue weighted by Gasteiger charge is 2.08. The third kappa shape index (κ3) is 4.06. The molecule has 0 fully saturated rings. The Morgan fingerprint density at radius 1 is 1.55 bits per heavy atom. The number of hydrogen-bond donors (Lipinski definition) is 1. The molecular weight excluding hydrogens is 280 g/mol. The van der Waals surface area contributed by atoms with E-state index >= 15 is 0 Å². The maximum atomic E-state index is 11.6. The Hall–Kier alpha value is -2.41. The first-order valence-corrected chi connectivity index (χ1v) is 6.59. The molecule has 0 bridgehead atoms. The van der Waals surface area contributed by atoms with Crippen LogP contribution in [0.15, 0.2) is 34.3 Å². The van der Waals surface area contributed by atoms with Crippen LogP contribution in [0, 0.1) is 0 Å². The normalized spacial score (nSPS) is 10.7. The average molecular weight is 292 g/mol. The molecule has 0 saturated heterocycles. The molecule has 0 unspecified atom stereocenters. The number of esters is 1. The van der Waals surface area contributed by atoms with E-state index in [1.807, 2.05) is 0 Å². The van der Waals surface area contributed by atoms with Crippen LogP contribution in [0.2, 0.25) is 0 Å². The number of methoxy groups -OCH3 is 1. The van der Waals surface area contributed by atoms with Crippen LogP contribution >= 0.6 is 11.3 Å². The van der Waals surface area contributed by atoms with Crippen LogP contribution in [0.4, 0.5) is 5.13 Å². The Labute approximate surface area is 119 Å². The smallest absolute Gasteiger partial charge is 0.311 e. The van der Waals surface area contributed by atoms with Gasteiger partial charge in [-0.3, -0.25) is 14.9 Å². The minimum Gasteiger partial charge on any atom is -0.469 e. The second kappa shape index (κ2) is 6.67. The fourth-order valence-corrected chi connectivity index (χ4v) is 2.07. The number of ether oxygens (including phenoxy) is 1. The van der Waals surface area contributed by atoms with Gasteiger partial charge in [0.2, 0.25) is 5.91 Å². The molecule has 104 valence electrons. The number of carbonyl (C=O) groups excluding carboxylic acids is 2. The van der Waals surface area contributed by atoms with E-state index in [0.29, 0.717) is 16.6 Å². The van der Waals surface area contributed by atoms with Gasteiger partial charge < -0.3 is 9.15 Å². The standard InChI is InChI=1S/C13H12N2O4S/c1-18-12(17)7-9-8-20-13(14-9)15-11(16)5-4-10-3-2-6-19-10/h2-6,8H,7H2,1H3,(H,14,15,16)/b5-4+. The van der Waals surface area contributed by atoms with Crippen molar-refractivity contribution in [3.8, 4) is 0 Å². The Balaban J connectivity index is 1.90. The fraction of sp³-hybridized carbons (Fsp3) is 0.154. The third-order valence-electron chi connectivity index (χ3n) is 2.28. The molecule has 1 amide bonds. The summed E-state index contributed by atoms with van der Waals surface area (Å²) in [6, 6.07) is 3.47. The van der Waals surface area contributed by atoms with Gasteiger partial charge in [-0.25, -0.2) is 4.98 Å². The van der Waals surface area contributed by atoms with Crippen LogP contribution in [0.25, 0.3) is 6.08 Å². The van der Waals surface area contributed by atoms with E-state index < -0.39 is 0 Å². The molecule has 0 aliphatic carbocycles. The summed E-state index contributed by atoms with van der Waals surface area (Å²) in [7, 11) is 1.32. The second-order valence-electron chi connectivity index (χ2n) is 3.73. The van der Waals surface area contributed by atoms with E-state index in [0.717, 1.165) is 0 Å². The molecule has 0 atom stereocenters. The van der Waals surface area contributed by atoms with Crippen molar-refractivity contribution in [3.05, 3.63) is 41.3 Å². The molecule has 0 radical (unpaired) electrons. The second-order valence-corrected chi connectivity index (χ2v) is 4.59. The molecule has 2 aromatic rings. The predicted octanol–water partition coefficient (Wildman–Crippen LogP) is 2.10. The summed E-state index contributed by atoms with van der Waals surface area (Å²) in [5, 5.41) is 4.73. The van der Waals surface area contributed by atoms with Crippen molar-refractivity contribution in [2.24, 2.45) is 0 Å². The Morgan fingerprint density at radius 2 is 2.40 bits per heavy atom. The average Bonchev–Trinajstić information content (AvgIpc) is 3.08. The van der Waals surface area contributed by atoms with Gasteiger partial charge in [-0.1, -0.05) is 0 Å². The van der Waals surface area contributed by atoms with E-state index in [1.165, 1.54) is 30.8 Å². The first-order valence-electron chi connectivity index (χ1n) is 5.71. The summed E-state index contributed by atoms with van der Waals surface area (Å²) in [5.74, 6) is -0.100. The predicted molar refractivity (Wildman–Crippen MR) is 74.2 cm³/mol. The van der Waals surface area contributed by atoms with Crippen molar-refractivity contribution in [3.63, 3.8) is 0 Å². The zero-order valence-electron chi connectivity index (χ0n) is 10.7. The highest BCUT2D eigenvalue weighted by molar-refractivity contribution is 7.14. The van der Waals surface area contributed by atoms with E-state index in [1.54, 1.807) is 23.6 Å². The molecule has 0 spiro atoms. The molecular formula is C13H12N2O4S. The lowest BCUT2D eigenvalue weighted by Gasteiger charge is -1.96. The van der Waals surface area contributed by atoms with Crippen LogP contribution < -0.4 is 5.32 Å². The van der Waals surface area contributed by atoms with Gasteiger partial charge in [0.15, 0.2) is 5.13 Å². The summed E-state index contributed by atoms with van der Waals surface area (Å²) < 4.78 is 9.60. The molecule has 0 aliphatic rings. The molecule has 7 heteroatoms. The van der Waals surface area contributed by atoms with Crippen molar-refractivity contribution in [2.75, 3.05) is 12.4 Å². The van der Waals surface area contributed by atoms with Crippen molar-refractivity contribution < 1.29 is 18.7 Å². The molecule has 0 aromatic carbocycles. The highest BCUT2D eigenvalue weighted by atomic mass is 32.1. The summed E-state index contributed by atoms with van der Waals surface area (Å²) in [4.78, 5) is 26.8. The van der Waals surface area contributed by atoms with Crippen molar-refractivity contribution in [2.45, 2.75) is 6.42 Å². The number of amides is 1. The van der Waals surface area contributed by atoms with Crippen molar-refractivity contribution in [1.82, 2.24) is 4.98 Å². The topological polar surface area (TPSA) is 81.4 Å². The van der Waals surface area contributed by atoms with Crippen molar-refractivity contribution >= 4 is 34.4 Å². The number of furan rings is 1. The third-order valence-corrected chi connectivity index (χ3v) is 3.08. The number of thiazole rings is 1. The van der Waals surface area contributed by atoms with Gasteiger partial charge in [0.05, 0.1) is 25.5 Å². The van der Waals surface area contributed by atoms with Gasteiger partial charge in [-0.15, -0.1) is 11.3 Å². The van der Waals surface area contributed by atoms with E-state index in [2.05, 4.69) is 15.0 Å². The summed E-state index contributed by atoms with van der Waals surface area (Å²) in [6.45, 7) is 0. The summed E-state index contributed by atoms with van der Waals surface area (Å²) >= 11 is 1.25. The molecule has 20 heavy (non-hydrogen) atoms. The monoisotopic (exact) mass is 292 g/mol. The van der Waals surface area contributed by atoms with Gasteiger partial charge >= 0.3 is 5.97 Å². The number of nitrogens with zero attached hydrogens (tertiary/aromatic N) is 1. The first kappa shape index (κ1) is 14.0. The number of anilines is 1. The van der Waals surface area contributed by atoms with Crippen LogP contribution in [0.3, 0.4) is 0 Å². The number of hydrogen-bond acceptors (Lipinski definition) is 6. The number of carbonyl (C=O) groups is 2. The first-order chi connectivity index (χ1) is 9.67. The highest BCUT2D eigenvalue weighted by Crippen LogP contribution is 2.16. The maximum absolute atomic E-state index is 11.6. The lowest BCUT2D eigenvalue weighted by molar-refractivity contribution is -0.139. The van der Waals surface area contributed by atoms with E-state index in [4.69, 9.17) is 4.42 Å². The largest absolute Gasteiger partial charge is 0.469 e. The molecule has 2 rings (SSSR count). The van der Waals surface area contributed by atoms with E-state index in [9.17, 15) is 9.59 Å². The van der Waals surface area contributed by atoms with Gasteiger partial charge in [-0.05, 0) is 18.2 Å². The fourth-order valence-electron chi connectivity index (χ4n) is 1.36. The van der Waals surface area contributed by atoms with Crippen LogP contribution in [-0.2, 0) is 20.7 Å². The number of rotatable bonds is 5. The lowest BCUT2D eigenvalue weighted by atomic mass is 10.3. The molecule has 0 aliphatic heterocycles. The molecule has 1 N–H and O–H groups in total. The van der Waals surface area contributed by atoms with E-state index in [-0.39, 0.29) is 18.3 Å². The quantitative estimate of drug-likeness (QED) is 0.674. The van der Waals surface area contributed by atoms with Crippen LogP contribution in [0.1, 0.15) is 11.5 Å². The minimum atomic E-state index is -0.370. The molecule has 2 heterocycles. The zero-order valence-corrected chi connectivity index (χ0v) is 11.5. The van der Waals surface area contributed by atoms with Gasteiger partial charge in [-0.2, -0.15) is 0 Å². The Kier molecular flexibility index (Phi) is 4.67. The zero-order chi connectivity index (χ0) is 14.4. The van der Waals surface area contributed by atoms with Gasteiger partial charge in [0.1, 0.15) is 5.76 Å².